The highest BCUT2D eigenvalue weighted by molar-refractivity contribution is 5.92. The average molecular weight is 356 g/mol. The monoisotopic (exact) mass is 356 g/mol. The summed E-state index contributed by atoms with van der Waals surface area (Å²) in [5.41, 5.74) is 0.844. The van der Waals surface area contributed by atoms with Crippen LogP contribution >= 0.6 is 0 Å². The molecule has 5 nitrogen and oxygen atoms in total. The Labute approximate surface area is 153 Å². The van der Waals surface area contributed by atoms with Gasteiger partial charge < -0.3 is 14.2 Å². The Morgan fingerprint density at radius 1 is 0.769 bits per heavy atom. The van der Waals surface area contributed by atoms with E-state index in [-0.39, 0.29) is 0 Å². The summed E-state index contributed by atoms with van der Waals surface area (Å²) in [5.74, 6) is 0.228. The predicted molar refractivity (Wildman–Crippen MR) is 98.8 cm³/mol. The van der Waals surface area contributed by atoms with Crippen LogP contribution in [0.4, 0.5) is 0 Å². The first kappa shape index (κ1) is 19.5. The van der Waals surface area contributed by atoms with Gasteiger partial charge in [-0.25, -0.2) is 9.59 Å². The van der Waals surface area contributed by atoms with Crippen molar-refractivity contribution in [2.75, 3.05) is 13.2 Å². The summed E-state index contributed by atoms with van der Waals surface area (Å²) in [5, 5.41) is 0. The molecule has 0 aliphatic rings. The van der Waals surface area contributed by atoms with Gasteiger partial charge in [0.05, 0.1) is 24.3 Å². The van der Waals surface area contributed by atoms with Crippen molar-refractivity contribution >= 4 is 11.9 Å². The molecule has 0 bridgehead atoms. The van der Waals surface area contributed by atoms with E-state index in [0.29, 0.717) is 30.1 Å². The predicted octanol–water partition coefficient (Wildman–Crippen LogP) is 4.65. The molecule has 138 valence electrons. The van der Waals surface area contributed by atoms with Crippen molar-refractivity contribution in [2.24, 2.45) is 0 Å². The van der Waals surface area contributed by atoms with Crippen molar-refractivity contribution in [3.05, 3.63) is 59.7 Å². The number of esters is 2. The molecule has 0 heterocycles. The average Bonchev–Trinajstić information content (AvgIpc) is 2.66. The Morgan fingerprint density at radius 2 is 1.35 bits per heavy atom. The van der Waals surface area contributed by atoms with E-state index < -0.39 is 11.9 Å². The van der Waals surface area contributed by atoms with E-state index in [4.69, 9.17) is 14.2 Å². The number of benzene rings is 2. The van der Waals surface area contributed by atoms with Crippen molar-refractivity contribution in [1.82, 2.24) is 0 Å². The lowest BCUT2D eigenvalue weighted by Crippen LogP contribution is -2.09. The first-order valence-corrected chi connectivity index (χ1v) is 8.86. The summed E-state index contributed by atoms with van der Waals surface area (Å²) in [6, 6.07) is 13.1. The smallest absolute Gasteiger partial charge is 0.343 e. The summed E-state index contributed by atoms with van der Waals surface area (Å²) in [4.78, 5) is 23.8. The molecule has 0 unspecified atom stereocenters. The van der Waals surface area contributed by atoms with Gasteiger partial charge in [-0.05, 0) is 61.9 Å². The third kappa shape index (κ3) is 5.92. The molecule has 0 N–H and O–H groups in total. The fourth-order valence-corrected chi connectivity index (χ4v) is 2.27. The van der Waals surface area contributed by atoms with E-state index in [2.05, 4.69) is 6.92 Å². The molecule has 2 rings (SSSR count). The van der Waals surface area contributed by atoms with Crippen molar-refractivity contribution in [3.8, 4) is 11.5 Å². The third-order valence-electron chi connectivity index (χ3n) is 3.68. The first-order valence-electron chi connectivity index (χ1n) is 8.86. The molecule has 26 heavy (non-hydrogen) atoms. The number of hydrogen-bond acceptors (Lipinski definition) is 5. The number of ether oxygens (including phenoxy) is 3. The summed E-state index contributed by atoms with van der Waals surface area (Å²) in [6.07, 6.45) is 3.30. The fraction of sp³-hybridized carbons (Fsp3) is 0.333. The van der Waals surface area contributed by atoms with Crippen molar-refractivity contribution in [1.29, 1.82) is 0 Å². The molecule has 0 aliphatic carbocycles. The van der Waals surface area contributed by atoms with Crippen molar-refractivity contribution in [3.63, 3.8) is 0 Å². The van der Waals surface area contributed by atoms with Crippen LogP contribution in [0.25, 0.3) is 0 Å². The number of hydrogen-bond donors (Lipinski definition) is 0. The summed E-state index contributed by atoms with van der Waals surface area (Å²) < 4.78 is 15.8. The molecule has 0 aromatic heterocycles. The number of carbonyl (C=O) groups is 2. The largest absolute Gasteiger partial charge is 0.494 e. The Kier molecular flexibility index (Phi) is 7.68. The van der Waals surface area contributed by atoms with Crippen LogP contribution in [0.5, 0.6) is 11.5 Å². The van der Waals surface area contributed by atoms with Crippen molar-refractivity contribution < 1.29 is 23.8 Å². The summed E-state index contributed by atoms with van der Waals surface area (Å²) in [7, 11) is 0. The first-order chi connectivity index (χ1) is 12.6. The third-order valence-corrected chi connectivity index (χ3v) is 3.68. The van der Waals surface area contributed by atoms with Gasteiger partial charge in [0.15, 0.2) is 0 Å². The minimum Gasteiger partial charge on any atom is -0.494 e. The Morgan fingerprint density at radius 3 is 1.92 bits per heavy atom. The highest BCUT2D eigenvalue weighted by atomic mass is 16.5. The van der Waals surface area contributed by atoms with Crippen LogP contribution in [-0.4, -0.2) is 25.2 Å². The standard InChI is InChI=1S/C21H24O5/c1-3-5-6-15-25-18-11-7-17(8-12-18)21(23)26-19-13-9-16(10-14-19)20(22)24-4-2/h7-14H,3-6,15H2,1-2H3. The molecular formula is C21H24O5. The van der Waals surface area contributed by atoms with Gasteiger partial charge in [-0.15, -0.1) is 0 Å². The maximum absolute atomic E-state index is 12.2. The lowest BCUT2D eigenvalue weighted by molar-refractivity contribution is 0.0526. The molecule has 0 aliphatic heterocycles. The van der Waals surface area contributed by atoms with Gasteiger partial charge in [0.2, 0.25) is 0 Å². The zero-order valence-corrected chi connectivity index (χ0v) is 15.2. The normalized spacial score (nSPS) is 10.2. The minimum absolute atomic E-state index is 0.313. The van der Waals surface area contributed by atoms with Crippen LogP contribution in [0.1, 0.15) is 53.8 Å². The van der Waals surface area contributed by atoms with Crippen LogP contribution < -0.4 is 9.47 Å². The van der Waals surface area contributed by atoms with Gasteiger partial charge in [-0.2, -0.15) is 0 Å². The van der Waals surface area contributed by atoms with E-state index in [1.54, 1.807) is 55.5 Å². The van der Waals surface area contributed by atoms with Crippen LogP contribution in [0.2, 0.25) is 0 Å². The molecule has 0 fully saturated rings. The molecule has 5 heteroatoms. The number of unbranched alkanes of at least 4 members (excludes halogenated alkanes) is 2. The molecule has 2 aromatic carbocycles. The fourth-order valence-electron chi connectivity index (χ4n) is 2.27. The summed E-state index contributed by atoms with van der Waals surface area (Å²) >= 11 is 0. The molecule has 0 atom stereocenters. The van der Waals surface area contributed by atoms with Gasteiger partial charge in [-0.1, -0.05) is 19.8 Å². The van der Waals surface area contributed by atoms with Gasteiger partial charge in [0, 0.05) is 0 Å². The van der Waals surface area contributed by atoms with E-state index in [1.165, 1.54) is 0 Å². The molecular weight excluding hydrogens is 332 g/mol. The zero-order valence-electron chi connectivity index (χ0n) is 15.2. The number of rotatable bonds is 9. The van der Waals surface area contributed by atoms with Crippen LogP contribution in [0.15, 0.2) is 48.5 Å². The van der Waals surface area contributed by atoms with E-state index in [9.17, 15) is 9.59 Å². The van der Waals surface area contributed by atoms with Gasteiger partial charge in [-0.3, -0.25) is 0 Å². The molecule has 2 aromatic rings. The van der Waals surface area contributed by atoms with Crippen molar-refractivity contribution in [2.45, 2.75) is 33.1 Å². The topological polar surface area (TPSA) is 61.8 Å². The van der Waals surface area contributed by atoms with Gasteiger partial charge in [0.25, 0.3) is 0 Å². The second-order valence-corrected chi connectivity index (χ2v) is 5.71. The lowest BCUT2D eigenvalue weighted by Gasteiger charge is -2.08. The molecule has 0 radical (unpaired) electrons. The Bertz CT molecular complexity index is 704. The second kappa shape index (κ2) is 10.2. The van der Waals surface area contributed by atoms with Gasteiger partial charge in [0.1, 0.15) is 11.5 Å². The van der Waals surface area contributed by atoms with Crippen LogP contribution in [-0.2, 0) is 4.74 Å². The number of carbonyl (C=O) groups excluding carboxylic acids is 2. The van der Waals surface area contributed by atoms with Crippen LogP contribution in [0.3, 0.4) is 0 Å². The SMILES string of the molecule is CCCCCOc1ccc(C(=O)Oc2ccc(C(=O)OCC)cc2)cc1. The molecule has 0 saturated carbocycles. The molecule has 0 saturated heterocycles. The second-order valence-electron chi connectivity index (χ2n) is 5.71. The minimum atomic E-state index is -0.466. The quantitative estimate of drug-likeness (QED) is 0.372. The zero-order chi connectivity index (χ0) is 18.8. The maximum Gasteiger partial charge on any atom is 0.343 e. The summed E-state index contributed by atoms with van der Waals surface area (Å²) in [6.45, 7) is 4.87. The van der Waals surface area contributed by atoms with E-state index in [0.717, 1.165) is 25.0 Å². The molecule has 0 amide bonds. The maximum atomic E-state index is 12.2. The molecule has 0 spiro atoms. The Hall–Kier alpha value is -2.82. The van der Waals surface area contributed by atoms with Gasteiger partial charge >= 0.3 is 11.9 Å². The Balaban J connectivity index is 1.89. The van der Waals surface area contributed by atoms with E-state index >= 15 is 0 Å². The lowest BCUT2D eigenvalue weighted by atomic mass is 10.2. The highest BCUT2D eigenvalue weighted by Crippen LogP contribution is 2.17. The van der Waals surface area contributed by atoms with E-state index in [1.807, 2.05) is 0 Å². The highest BCUT2D eigenvalue weighted by Gasteiger charge is 2.10. The van der Waals surface area contributed by atoms with Crippen LogP contribution in [0, 0.1) is 0 Å².